The lowest BCUT2D eigenvalue weighted by atomic mass is 9.98. The molecule has 0 aliphatic carbocycles. The van der Waals surface area contributed by atoms with Gasteiger partial charge in [0, 0.05) is 29.3 Å². The van der Waals surface area contributed by atoms with Crippen LogP contribution in [0.5, 0.6) is 5.75 Å². The summed E-state index contributed by atoms with van der Waals surface area (Å²) < 4.78 is 47.0. The number of hydrogen-bond acceptors (Lipinski definition) is 3. The Morgan fingerprint density at radius 1 is 1.23 bits per heavy atom. The highest BCUT2D eigenvalue weighted by Gasteiger charge is 2.26. The van der Waals surface area contributed by atoms with Gasteiger partial charge in [0.2, 0.25) is 0 Å². The maximum atomic E-state index is 14.2. The van der Waals surface area contributed by atoms with Gasteiger partial charge in [-0.1, -0.05) is 0 Å². The minimum Gasteiger partial charge on any atom is -0.491 e. The standard InChI is InChI=1S/C21H20F3N3O2.ClH/c22-12-6-15-11(9-27-19(15)18(24)7-12)2-1-5-26-13-8-16-17(23)4-3-14(21(25)28)20(16)29-10-13;/h3-4,6-7,9,13,26-27H,1-2,5,8,10H2,(H2,25,28);1H. The number of H-pyrrole nitrogens is 1. The summed E-state index contributed by atoms with van der Waals surface area (Å²) in [5, 5.41) is 3.85. The SMILES string of the molecule is Cl.NC(=O)c1ccc(F)c2c1OCC(NCCCc1c[nH]c3c(F)cc(F)cc13)C2. The number of amides is 1. The smallest absolute Gasteiger partial charge is 0.252 e. The molecule has 4 rings (SSSR count). The third-order valence-electron chi connectivity index (χ3n) is 5.20. The fourth-order valence-corrected chi connectivity index (χ4v) is 3.78. The number of carbonyl (C=O) groups is 1. The first-order chi connectivity index (χ1) is 13.9. The zero-order valence-electron chi connectivity index (χ0n) is 15.9. The molecule has 9 heteroatoms. The topological polar surface area (TPSA) is 80.1 Å². The van der Waals surface area contributed by atoms with Crippen LogP contribution in [-0.2, 0) is 12.8 Å². The van der Waals surface area contributed by atoms with Crippen LogP contribution in [0.15, 0.2) is 30.5 Å². The van der Waals surface area contributed by atoms with Crippen LogP contribution in [0, 0.1) is 17.5 Å². The van der Waals surface area contributed by atoms with Gasteiger partial charge in [-0.2, -0.15) is 0 Å². The molecule has 4 N–H and O–H groups in total. The van der Waals surface area contributed by atoms with Gasteiger partial charge in [0.15, 0.2) is 0 Å². The summed E-state index contributed by atoms with van der Waals surface area (Å²) in [5.41, 5.74) is 6.97. The molecule has 0 spiro atoms. The predicted molar refractivity (Wildman–Crippen MR) is 110 cm³/mol. The van der Waals surface area contributed by atoms with Gasteiger partial charge >= 0.3 is 0 Å². The molecule has 1 aromatic heterocycles. The number of aromatic amines is 1. The van der Waals surface area contributed by atoms with Crippen LogP contribution in [0.25, 0.3) is 10.9 Å². The summed E-state index contributed by atoms with van der Waals surface area (Å²) in [6, 6.07) is 4.62. The average molecular weight is 440 g/mol. The number of halogens is 4. The largest absolute Gasteiger partial charge is 0.491 e. The van der Waals surface area contributed by atoms with Crippen LogP contribution in [0.1, 0.15) is 27.9 Å². The Morgan fingerprint density at radius 2 is 2.03 bits per heavy atom. The van der Waals surface area contributed by atoms with Crippen LogP contribution in [-0.4, -0.2) is 30.1 Å². The second-order valence-electron chi connectivity index (χ2n) is 7.16. The van der Waals surface area contributed by atoms with Gasteiger partial charge in [-0.15, -0.1) is 12.4 Å². The van der Waals surface area contributed by atoms with E-state index in [1.807, 2.05) is 0 Å². The predicted octanol–water partition coefficient (Wildman–Crippen LogP) is 3.63. The van der Waals surface area contributed by atoms with Gasteiger partial charge < -0.3 is 20.8 Å². The molecule has 0 saturated carbocycles. The van der Waals surface area contributed by atoms with Crippen LogP contribution in [0.2, 0.25) is 0 Å². The maximum absolute atomic E-state index is 14.2. The highest BCUT2D eigenvalue weighted by Crippen LogP contribution is 2.31. The number of benzene rings is 2. The minimum atomic E-state index is -0.653. The molecule has 1 unspecified atom stereocenters. The van der Waals surface area contributed by atoms with Gasteiger partial charge in [0.1, 0.15) is 29.8 Å². The van der Waals surface area contributed by atoms with E-state index in [4.69, 9.17) is 10.5 Å². The van der Waals surface area contributed by atoms with Gasteiger partial charge in [0.25, 0.3) is 5.91 Å². The third kappa shape index (κ3) is 4.24. The molecule has 0 fully saturated rings. The Kier molecular flexibility index (Phi) is 6.58. The van der Waals surface area contributed by atoms with Crippen molar-refractivity contribution in [3.63, 3.8) is 0 Å². The molecule has 2 heterocycles. The van der Waals surface area contributed by atoms with Crippen molar-refractivity contribution < 1.29 is 22.7 Å². The van der Waals surface area contributed by atoms with Crippen molar-refractivity contribution >= 4 is 29.2 Å². The second-order valence-corrected chi connectivity index (χ2v) is 7.16. The lowest BCUT2D eigenvalue weighted by molar-refractivity contribution is 0.0994. The zero-order chi connectivity index (χ0) is 20.5. The van der Waals surface area contributed by atoms with E-state index in [0.29, 0.717) is 42.5 Å². The molecular weight excluding hydrogens is 419 g/mol. The molecule has 30 heavy (non-hydrogen) atoms. The number of carbonyl (C=O) groups excluding carboxylic acids is 1. The van der Waals surface area contributed by atoms with E-state index >= 15 is 0 Å². The van der Waals surface area contributed by atoms with Crippen LogP contribution in [0.3, 0.4) is 0 Å². The zero-order valence-corrected chi connectivity index (χ0v) is 16.8. The van der Waals surface area contributed by atoms with E-state index in [1.165, 1.54) is 18.2 Å². The van der Waals surface area contributed by atoms with Crippen LogP contribution >= 0.6 is 12.4 Å². The summed E-state index contributed by atoms with van der Waals surface area (Å²) in [6.07, 6.45) is 3.41. The number of aromatic nitrogens is 1. The Morgan fingerprint density at radius 3 is 2.80 bits per heavy atom. The van der Waals surface area contributed by atoms with Crippen molar-refractivity contribution in [2.45, 2.75) is 25.3 Å². The molecule has 160 valence electrons. The van der Waals surface area contributed by atoms with Gasteiger partial charge in [0.05, 0.1) is 11.1 Å². The van der Waals surface area contributed by atoms with Crippen molar-refractivity contribution in [2.75, 3.05) is 13.2 Å². The Bertz CT molecular complexity index is 1090. The lowest BCUT2D eigenvalue weighted by Gasteiger charge is -2.27. The van der Waals surface area contributed by atoms with Crippen LogP contribution < -0.4 is 15.8 Å². The number of primary amides is 1. The van der Waals surface area contributed by atoms with Crippen molar-refractivity contribution in [3.8, 4) is 5.75 Å². The Hall–Kier alpha value is -2.71. The van der Waals surface area contributed by atoms with E-state index in [1.54, 1.807) is 6.20 Å². The van der Waals surface area contributed by atoms with E-state index in [0.717, 1.165) is 18.1 Å². The minimum absolute atomic E-state index is 0. The number of ether oxygens (including phenoxy) is 1. The second kappa shape index (κ2) is 8.97. The van der Waals surface area contributed by atoms with E-state index in [2.05, 4.69) is 10.3 Å². The molecule has 1 aliphatic rings. The molecule has 1 aliphatic heterocycles. The van der Waals surface area contributed by atoms with Crippen molar-refractivity contribution in [3.05, 3.63) is 64.6 Å². The number of nitrogens with two attached hydrogens (primary N) is 1. The van der Waals surface area contributed by atoms with Crippen molar-refractivity contribution in [2.24, 2.45) is 5.73 Å². The molecule has 1 atom stereocenters. The van der Waals surface area contributed by atoms with Gasteiger partial charge in [-0.3, -0.25) is 4.79 Å². The molecule has 0 bridgehead atoms. The van der Waals surface area contributed by atoms with Crippen molar-refractivity contribution in [1.29, 1.82) is 0 Å². The molecular formula is C21H21ClF3N3O2. The Labute approximate surface area is 177 Å². The van der Waals surface area contributed by atoms with E-state index < -0.39 is 23.4 Å². The molecule has 0 saturated heterocycles. The number of rotatable bonds is 6. The Balaban J connectivity index is 0.00000256. The molecule has 0 radical (unpaired) electrons. The first-order valence-electron chi connectivity index (χ1n) is 9.36. The van der Waals surface area contributed by atoms with Gasteiger partial charge in [-0.25, -0.2) is 13.2 Å². The quantitative estimate of drug-likeness (QED) is 0.513. The number of aryl methyl sites for hydroxylation is 1. The summed E-state index contributed by atoms with van der Waals surface area (Å²) in [4.78, 5) is 14.3. The highest BCUT2D eigenvalue weighted by molar-refractivity contribution is 5.96. The molecule has 2 aromatic carbocycles. The van der Waals surface area contributed by atoms with E-state index in [-0.39, 0.29) is 29.8 Å². The number of fused-ring (bicyclic) bond motifs is 2. The maximum Gasteiger partial charge on any atom is 0.252 e. The molecule has 1 amide bonds. The molecule has 5 nitrogen and oxygen atoms in total. The van der Waals surface area contributed by atoms with Crippen LogP contribution in [0.4, 0.5) is 13.2 Å². The average Bonchev–Trinajstić information content (AvgIpc) is 3.08. The van der Waals surface area contributed by atoms with E-state index in [9.17, 15) is 18.0 Å². The van der Waals surface area contributed by atoms with Gasteiger partial charge in [-0.05, 0) is 49.6 Å². The first-order valence-corrected chi connectivity index (χ1v) is 9.36. The normalized spacial score (nSPS) is 15.4. The fourth-order valence-electron chi connectivity index (χ4n) is 3.78. The van der Waals surface area contributed by atoms with Crippen molar-refractivity contribution in [1.82, 2.24) is 10.3 Å². The summed E-state index contributed by atoms with van der Waals surface area (Å²) in [6.45, 7) is 0.908. The summed E-state index contributed by atoms with van der Waals surface area (Å²) in [7, 11) is 0. The lowest BCUT2D eigenvalue weighted by Crippen LogP contribution is -2.40. The number of hydrogen-bond donors (Lipinski definition) is 3. The molecule has 3 aromatic rings. The monoisotopic (exact) mass is 439 g/mol. The summed E-state index contributed by atoms with van der Waals surface area (Å²) in [5.74, 6) is -2.08. The third-order valence-corrected chi connectivity index (χ3v) is 5.20. The highest BCUT2D eigenvalue weighted by atomic mass is 35.5. The fraction of sp³-hybridized carbons (Fsp3) is 0.286. The first kappa shape index (κ1) is 22.0. The summed E-state index contributed by atoms with van der Waals surface area (Å²) >= 11 is 0. The number of nitrogens with one attached hydrogen (secondary N) is 2.